The summed E-state index contributed by atoms with van der Waals surface area (Å²) >= 11 is 0. The van der Waals surface area contributed by atoms with Crippen molar-refractivity contribution in [2.45, 2.75) is 51.9 Å². The van der Waals surface area contributed by atoms with Gasteiger partial charge in [0.2, 0.25) is 0 Å². The Balaban J connectivity index is 4.56. The van der Waals surface area contributed by atoms with Crippen LogP contribution in [0.3, 0.4) is 0 Å². The van der Waals surface area contributed by atoms with E-state index < -0.39 is 24.2 Å². The van der Waals surface area contributed by atoms with Crippen molar-refractivity contribution < 1.29 is 20.4 Å². The van der Waals surface area contributed by atoms with Crippen molar-refractivity contribution in [3.05, 3.63) is 0 Å². The van der Waals surface area contributed by atoms with Gasteiger partial charge < -0.3 is 20.4 Å². The molecule has 0 fully saturated rings. The van der Waals surface area contributed by atoms with Crippen molar-refractivity contribution in [1.29, 1.82) is 0 Å². The molecular formula is C11H24O4. The Hall–Kier alpha value is -0.160. The first-order chi connectivity index (χ1) is 6.95. The minimum absolute atomic E-state index is 0.0236. The zero-order valence-corrected chi connectivity index (χ0v) is 9.80. The van der Waals surface area contributed by atoms with Crippen molar-refractivity contribution >= 4 is 0 Å². The molecule has 0 bridgehead atoms. The van der Waals surface area contributed by atoms with Crippen LogP contribution in [0.2, 0.25) is 0 Å². The third kappa shape index (κ3) is 4.47. The van der Waals surface area contributed by atoms with Gasteiger partial charge in [0.1, 0.15) is 0 Å². The van der Waals surface area contributed by atoms with Crippen LogP contribution in [-0.2, 0) is 0 Å². The second kappa shape index (κ2) is 7.17. The highest BCUT2D eigenvalue weighted by Crippen LogP contribution is 2.23. The van der Waals surface area contributed by atoms with Crippen LogP contribution in [0, 0.1) is 11.8 Å². The van der Waals surface area contributed by atoms with Crippen LogP contribution in [0.1, 0.15) is 33.6 Å². The number of aliphatic hydroxyl groups is 4. The highest BCUT2D eigenvalue weighted by atomic mass is 16.3. The van der Waals surface area contributed by atoms with Crippen molar-refractivity contribution in [2.24, 2.45) is 11.8 Å². The number of hydrogen-bond donors (Lipinski definition) is 4. The minimum Gasteiger partial charge on any atom is -0.396 e. The molecule has 0 saturated carbocycles. The molecule has 0 amide bonds. The second-order valence-corrected chi connectivity index (χ2v) is 4.37. The number of aliphatic hydroxyl groups excluding tert-OH is 4. The van der Waals surface area contributed by atoms with Crippen molar-refractivity contribution in [2.75, 3.05) is 6.61 Å². The van der Waals surface area contributed by atoms with Gasteiger partial charge in [0.05, 0.1) is 18.3 Å². The zero-order valence-electron chi connectivity index (χ0n) is 9.80. The first kappa shape index (κ1) is 14.8. The summed E-state index contributed by atoms with van der Waals surface area (Å²) in [6.45, 7) is 5.34. The molecule has 4 atom stereocenters. The SMILES string of the molecule is CCC(O)[C@@H](C(O)CCO)[C@@H](O)C(C)C. The maximum absolute atomic E-state index is 9.88. The zero-order chi connectivity index (χ0) is 12.0. The van der Waals surface area contributed by atoms with E-state index >= 15 is 0 Å². The smallest absolute Gasteiger partial charge is 0.0640 e. The molecule has 4 N–H and O–H groups in total. The maximum atomic E-state index is 9.88. The molecule has 0 aliphatic heterocycles. The van der Waals surface area contributed by atoms with E-state index in [4.69, 9.17) is 5.11 Å². The van der Waals surface area contributed by atoms with Crippen molar-refractivity contribution in [3.63, 3.8) is 0 Å². The van der Waals surface area contributed by atoms with E-state index in [1.54, 1.807) is 6.92 Å². The van der Waals surface area contributed by atoms with Crippen LogP contribution in [0.25, 0.3) is 0 Å². The Labute approximate surface area is 91.6 Å². The monoisotopic (exact) mass is 220 g/mol. The molecule has 0 rings (SSSR count). The average Bonchev–Trinajstić information content (AvgIpc) is 2.17. The lowest BCUT2D eigenvalue weighted by atomic mass is 9.82. The molecule has 4 heteroatoms. The van der Waals surface area contributed by atoms with Crippen LogP contribution in [0.4, 0.5) is 0 Å². The molecule has 0 aliphatic rings. The second-order valence-electron chi connectivity index (χ2n) is 4.37. The van der Waals surface area contributed by atoms with Gasteiger partial charge in [0, 0.05) is 12.5 Å². The largest absolute Gasteiger partial charge is 0.396 e. The van der Waals surface area contributed by atoms with E-state index in [0.29, 0.717) is 6.42 Å². The summed E-state index contributed by atoms with van der Waals surface area (Å²) in [5.41, 5.74) is 0. The summed E-state index contributed by atoms with van der Waals surface area (Å²) in [4.78, 5) is 0. The number of hydrogen-bond acceptors (Lipinski definition) is 4. The maximum Gasteiger partial charge on any atom is 0.0640 e. The molecule has 15 heavy (non-hydrogen) atoms. The quantitative estimate of drug-likeness (QED) is 0.492. The minimum atomic E-state index is -0.859. The fourth-order valence-electron chi connectivity index (χ4n) is 1.75. The summed E-state index contributed by atoms with van der Waals surface area (Å²) < 4.78 is 0. The van der Waals surface area contributed by atoms with Crippen LogP contribution in [0.15, 0.2) is 0 Å². The van der Waals surface area contributed by atoms with E-state index in [2.05, 4.69) is 0 Å². The molecule has 0 aromatic carbocycles. The Morgan fingerprint density at radius 2 is 1.53 bits per heavy atom. The molecule has 92 valence electrons. The molecule has 0 spiro atoms. The normalized spacial score (nSPS) is 20.0. The highest BCUT2D eigenvalue weighted by Gasteiger charge is 2.33. The standard InChI is InChI=1S/C11H24O4/c1-4-8(13)10(9(14)5-6-12)11(15)7(2)3/h7-15H,4-6H2,1-3H3/t8?,9?,10-,11-/m0/s1. The molecule has 0 heterocycles. The summed E-state index contributed by atoms with van der Waals surface area (Å²) in [7, 11) is 0. The Morgan fingerprint density at radius 3 is 1.87 bits per heavy atom. The molecule has 0 saturated heterocycles. The third-order valence-corrected chi connectivity index (χ3v) is 2.81. The van der Waals surface area contributed by atoms with E-state index in [1.165, 1.54) is 0 Å². The lowest BCUT2D eigenvalue weighted by Crippen LogP contribution is -2.43. The van der Waals surface area contributed by atoms with Gasteiger partial charge in [-0.1, -0.05) is 20.8 Å². The molecule has 0 radical (unpaired) electrons. The predicted octanol–water partition coefficient (Wildman–Crippen LogP) is 0.134. The molecular weight excluding hydrogens is 196 g/mol. The van der Waals surface area contributed by atoms with Gasteiger partial charge in [-0.3, -0.25) is 0 Å². The van der Waals surface area contributed by atoms with Gasteiger partial charge >= 0.3 is 0 Å². The Bertz CT molecular complexity index is 161. The molecule has 0 aromatic rings. The predicted molar refractivity (Wildman–Crippen MR) is 58.3 cm³/mol. The van der Waals surface area contributed by atoms with Crippen molar-refractivity contribution in [3.8, 4) is 0 Å². The summed E-state index contributed by atoms with van der Waals surface area (Å²) in [6.07, 6.45) is -1.67. The van der Waals surface area contributed by atoms with Crippen LogP contribution < -0.4 is 0 Å². The van der Waals surface area contributed by atoms with E-state index in [0.717, 1.165) is 0 Å². The third-order valence-electron chi connectivity index (χ3n) is 2.81. The van der Waals surface area contributed by atoms with Crippen LogP contribution >= 0.6 is 0 Å². The van der Waals surface area contributed by atoms with E-state index in [-0.39, 0.29) is 18.9 Å². The van der Waals surface area contributed by atoms with Gasteiger partial charge in [0.25, 0.3) is 0 Å². The lowest BCUT2D eigenvalue weighted by molar-refractivity contribution is -0.0788. The van der Waals surface area contributed by atoms with Crippen LogP contribution in [-0.4, -0.2) is 45.3 Å². The lowest BCUT2D eigenvalue weighted by Gasteiger charge is -2.33. The van der Waals surface area contributed by atoms with Crippen LogP contribution in [0.5, 0.6) is 0 Å². The Kier molecular flexibility index (Phi) is 7.09. The van der Waals surface area contributed by atoms with Gasteiger partial charge in [0.15, 0.2) is 0 Å². The van der Waals surface area contributed by atoms with Crippen molar-refractivity contribution in [1.82, 2.24) is 0 Å². The van der Waals surface area contributed by atoms with Gasteiger partial charge in [-0.15, -0.1) is 0 Å². The molecule has 0 aromatic heterocycles. The molecule has 2 unspecified atom stereocenters. The van der Waals surface area contributed by atoms with E-state index in [9.17, 15) is 15.3 Å². The van der Waals surface area contributed by atoms with Gasteiger partial charge in [-0.05, 0) is 18.8 Å². The summed E-state index contributed by atoms with van der Waals surface area (Å²) in [6, 6.07) is 0. The summed E-state index contributed by atoms with van der Waals surface area (Å²) in [5.74, 6) is -0.605. The fraction of sp³-hybridized carbons (Fsp3) is 1.00. The highest BCUT2D eigenvalue weighted by molar-refractivity contribution is 4.83. The first-order valence-corrected chi connectivity index (χ1v) is 5.60. The summed E-state index contributed by atoms with van der Waals surface area (Å²) in [5, 5.41) is 38.1. The van der Waals surface area contributed by atoms with Gasteiger partial charge in [-0.2, -0.15) is 0 Å². The average molecular weight is 220 g/mol. The topological polar surface area (TPSA) is 80.9 Å². The first-order valence-electron chi connectivity index (χ1n) is 5.60. The molecule has 4 nitrogen and oxygen atoms in total. The number of rotatable bonds is 7. The molecule has 0 aliphatic carbocycles. The fourth-order valence-corrected chi connectivity index (χ4v) is 1.75. The van der Waals surface area contributed by atoms with Gasteiger partial charge in [-0.25, -0.2) is 0 Å². The Morgan fingerprint density at radius 1 is 1.00 bits per heavy atom. The van der Waals surface area contributed by atoms with E-state index in [1.807, 2.05) is 13.8 Å².